The van der Waals surface area contributed by atoms with Crippen molar-refractivity contribution in [2.75, 3.05) is 13.7 Å². The average molecular weight is 267 g/mol. The fourth-order valence-electron chi connectivity index (χ4n) is 2.32. The summed E-state index contributed by atoms with van der Waals surface area (Å²) in [5.41, 5.74) is 0.0883. The molecule has 2 atom stereocenters. The number of hydrogen-bond acceptors (Lipinski definition) is 3. The van der Waals surface area contributed by atoms with Crippen molar-refractivity contribution in [3.05, 3.63) is 29.6 Å². The number of carboxylic acid groups (broad SMARTS) is 1. The first-order chi connectivity index (χ1) is 9.04. The smallest absolute Gasteiger partial charge is 0.307 e. The lowest BCUT2D eigenvalue weighted by molar-refractivity contribution is -0.146. The first kappa shape index (κ1) is 13.3. The van der Waals surface area contributed by atoms with Gasteiger partial charge in [-0.2, -0.15) is 0 Å². The second-order valence-electron chi connectivity index (χ2n) is 4.39. The molecule has 1 aliphatic heterocycles. The molecule has 0 saturated carbocycles. The number of hydrogen-bond donors (Lipinski definition) is 2. The summed E-state index contributed by atoms with van der Waals surface area (Å²) in [6, 6.07) is 4.06. The number of rotatable bonds is 3. The van der Waals surface area contributed by atoms with Crippen LogP contribution in [-0.2, 0) is 9.59 Å². The number of nitrogens with one attached hydrogen (secondary N) is 1. The molecule has 0 spiro atoms. The summed E-state index contributed by atoms with van der Waals surface area (Å²) in [4.78, 5) is 23.0. The molecule has 1 aromatic rings. The van der Waals surface area contributed by atoms with Crippen molar-refractivity contribution in [1.82, 2.24) is 5.32 Å². The van der Waals surface area contributed by atoms with Gasteiger partial charge in [0.2, 0.25) is 5.91 Å². The predicted octanol–water partition coefficient (Wildman–Crippen LogP) is 1.14. The van der Waals surface area contributed by atoms with Crippen LogP contribution in [-0.4, -0.2) is 30.6 Å². The lowest BCUT2D eigenvalue weighted by Gasteiger charge is -2.28. The van der Waals surface area contributed by atoms with Crippen molar-refractivity contribution in [1.29, 1.82) is 0 Å². The first-order valence-corrected chi connectivity index (χ1v) is 5.88. The topological polar surface area (TPSA) is 75.6 Å². The highest BCUT2D eigenvalue weighted by Gasteiger charge is 2.39. The third-order valence-electron chi connectivity index (χ3n) is 3.30. The maximum absolute atomic E-state index is 14.0. The third kappa shape index (κ3) is 2.52. The maximum Gasteiger partial charge on any atom is 0.307 e. The Morgan fingerprint density at radius 2 is 2.26 bits per heavy atom. The van der Waals surface area contributed by atoms with E-state index in [2.05, 4.69) is 5.32 Å². The molecule has 6 heteroatoms. The minimum atomic E-state index is -1.09. The second-order valence-corrected chi connectivity index (χ2v) is 4.39. The summed E-state index contributed by atoms with van der Waals surface area (Å²) in [6.07, 6.45) is 0.289. The number of aliphatic carboxylic acids is 1. The van der Waals surface area contributed by atoms with Gasteiger partial charge in [-0.05, 0) is 12.5 Å². The fraction of sp³-hybridized carbons (Fsp3) is 0.385. The number of halogens is 1. The predicted molar refractivity (Wildman–Crippen MR) is 64.4 cm³/mol. The van der Waals surface area contributed by atoms with Crippen LogP contribution in [0.2, 0.25) is 0 Å². The van der Waals surface area contributed by atoms with E-state index in [1.807, 2.05) is 0 Å². The second kappa shape index (κ2) is 5.26. The highest BCUT2D eigenvalue weighted by molar-refractivity contribution is 5.90. The van der Waals surface area contributed by atoms with E-state index in [9.17, 15) is 14.0 Å². The highest BCUT2D eigenvalue weighted by Crippen LogP contribution is 2.33. The largest absolute Gasteiger partial charge is 0.497 e. The minimum absolute atomic E-state index is 0.0883. The van der Waals surface area contributed by atoms with Crippen LogP contribution in [0.4, 0.5) is 4.39 Å². The monoisotopic (exact) mass is 267 g/mol. The van der Waals surface area contributed by atoms with Gasteiger partial charge >= 0.3 is 5.97 Å². The Hall–Kier alpha value is -2.11. The van der Waals surface area contributed by atoms with Gasteiger partial charge < -0.3 is 15.2 Å². The summed E-state index contributed by atoms with van der Waals surface area (Å²) in [5, 5.41) is 11.7. The summed E-state index contributed by atoms with van der Waals surface area (Å²) in [6.45, 7) is 0.296. The Kier molecular flexibility index (Phi) is 3.69. The zero-order valence-corrected chi connectivity index (χ0v) is 10.4. The third-order valence-corrected chi connectivity index (χ3v) is 3.30. The van der Waals surface area contributed by atoms with E-state index < -0.39 is 29.5 Å². The maximum atomic E-state index is 14.0. The number of amides is 1. The Balaban J connectivity index is 2.41. The van der Waals surface area contributed by atoms with Crippen LogP contribution < -0.4 is 10.1 Å². The number of carbonyl (C=O) groups is 2. The molecule has 1 aromatic carbocycles. The minimum Gasteiger partial charge on any atom is -0.497 e. The summed E-state index contributed by atoms with van der Waals surface area (Å²) >= 11 is 0. The van der Waals surface area contributed by atoms with Gasteiger partial charge in [0.05, 0.1) is 18.9 Å². The lowest BCUT2D eigenvalue weighted by atomic mass is 9.80. The average Bonchev–Trinajstić information content (AvgIpc) is 2.38. The molecule has 2 unspecified atom stereocenters. The van der Waals surface area contributed by atoms with E-state index in [0.29, 0.717) is 12.3 Å². The number of ether oxygens (including phenoxy) is 1. The van der Waals surface area contributed by atoms with Crippen molar-refractivity contribution in [3.8, 4) is 5.75 Å². The van der Waals surface area contributed by atoms with E-state index in [1.54, 1.807) is 0 Å². The SMILES string of the molecule is COc1ccc(C2C(=O)NCCC2C(=O)O)c(F)c1. The number of carbonyl (C=O) groups excluding carboxylic acids is 1. The quantitative estimate of drug-likeness (QED) is 0.861. The Labute approximate surface area is 109 Å². The molecular formula is C13H14FNO4. The van der Waals surface area contributed by atoms with Gasteiger partial charge in [0.1, 0.15) is 11.6 Å². The molecule has 2 rings (SSSR count). The number of benzene rings is 1. The number of methoxy groups -OCH3 is 1. The van der Waals surface area contributed by atoms with Crippen LogP contribution in [0, 0.1) is 11.7 Å². The molecule has 1 aliphatic rings. The molecule has 0 radical (unpaired) electrons. The van der Waals surface area contributed by atoms with Crippen molar-refractivity contribution in [2.24, 2.45) is 5.92 Å². The van der Waals surface area contributed by atoms with Crippen molar-refractivity contribution in [2.45, 2.75) is 12.3 Å². The van der Waals surface area contributed by atoms with Crippen molar-refractivity contribution in [3.63, 3.8) is 0 Å². The zero-order valence-electron chi connectivity index (χ0n) is 10.4. The number of carboxylic acids is 1. The van der Waals surface area contributed by atoms with E-state index in [0.717, 1.165) is 6.07 Å². The molecular weight excluding hydrogens is 253 g/mol. The van der Waals surface area contributed by atoms with Gasteiger partial charge in [-0.15, -0.1) is 0 Å². The molecule has 1 saturated heterocycles. The van der Waals surface area contributed by atoms with Crippen LogP contribution in [0.25, 0.3) is 0 Å². The van der Waals surface area contributed by atoms with Gasteiger partial charge in [-0.25, -0.2) is 4.39 Å². The Morgan fingerprint density at radius 1 is 1.53 bits per heavy atom. The standard InChI is InChI=1S/C13H14FNO4/c1-19-7-2-3-8(10(14)6-7)11-9(13(17)18)4-5-15-12(11)16/h2-3,6,9,11H,4-5H2,1H3,(H,15,16)(H,17,18). The van der Waals surface area contributed by atoms with Gasteiger partial charge in [0, 0.05) is 18.2 Å². The summed E-state index contributed by atoms with van der Waals surface area (Å²) < 4.78 is 18.9. The number of piperidine rings is 1. The van der Waals surface area contributed by atoms with Gasteiger partial charge in [-0.3, -0.25) is 9.59 Å². The van der Waals surface area contributed by atoms with E-state index in [4.69, 9.17) is 9.84 Å². The summed E-state index contributed by atoms with van der Waals surface area (Å²) in [7, 11) is 1.40. The molecule has 0 aromatic heterocycles. The molecule has 1 fully saturated rings. The lowest BCUT2D eigenvalue weighted by Crippen LogP contribution is -2.43. The molecule has 2 N–H and O–H groups in total. The Morgan fingerprint density at radius 3 is 2.84 bits per heavy atom. The van der Waals surface area contributed by atoms with Crippen LogP contribution in [0.1, 0.15) is 17.9 Å². The highest BCUT2D eigenvalue weighted by atomic mass is 19.1. The van der Waals surface area contributed by atoms with Crippen LogP contribution in [0.15, 0.2) is 18.2 Å². The molecule has 1 heterocycles. The van der Waals surface area contributed by atoms with Crippen LogP contribution in [0.3, 0.4) is 0 Å². The van der Waals surface area contributed by atoms with E-state index in [1.165, 1.54) is 19.2 Å². The zero-order chi connectivity index (χ0) is 14.0. The molecule has 5 nitrogen and oxygen atoms in total. The van der Waals surface area contributed by atoms with Crippen LogP contribution >= 0.6 is 0 Å². The van der Waals surface area contributed by atoms with Gasteiger partial charge in [0.25, 0.3) is 0 Å². The van der Waals surface area contributed by atoms with Gasteiger partial charge in [0.15, 0.2) is 0 Å². The van der Waals surface area contributed by atoms with Crippen molar-refractivity contribution < 1.29 is 23.8 Å². The Bertz CT molecular complexity index is 517. The molecule has 19 heavy (non-hydrogen) atoms. The molecule has 0 bridgehead atoms. The molecule has 1 amide bonds. The van der Waals surface area contributed by atoms with Gasteiger partial charge in [-0.1, -0.05) is 6.07 Å². The molecule has 0 aliphatic carbocycles. The van der Waals surface area contributed by atoms with Crippen LogP contribution in [0.5, 0.6) is 5.75 Å². The first-order valence-electron chi connectivity index (χ1n) is 5.88. The molecule has 102 valence electrons. The summed E-state index contributed by atoms with van der Waals surface area (Å²) in [5.74, 6) is -3.76. The van der Waals surface area contributed by atoms with E-state index in [-0.39, 0.29) is 12.0 Å². The van der Waals surface area contributed by atoms with E-state index >= 15 is 0 Å². The normalized spacial score (nSPS) is 22.7. The fourth-order valence-corrected chi connectivity index (χ4v) is 2.32. The van der Waals surface area contributed by atoms with Crippen molar-refractivity contribution >= 4 is 11.9 Å².